The minimum atomic E-state index is -4.96. The Labute approximate surface area is 575 Å². The third-order valence-corrected chi connectivity index (χ3v) is 19.2. The molecule has 0 heterocycles. The molecule has 558 valence electrons. The van der Waals surface area contributed by atoms with E-state index in [0.29, 0.717) is 31.6 Å². The molecule has 0 saturated heterocycles. The van der Waals surface area contributed by atoms with E-state index in [4.69, 9.17) is 37.0 Å². The number of hydrogen-bond donors (Lipinski definition) is 3. The number of esters is 4. The molecule has 0 fully saturated rings. The Morgan fingerprint density at radius 3 is 0.660 bits per heavy atom. The van der Waals surface area contributed by atoms with Crippen LogP contribution in [0.15, 0.2) is 0 Å². The van der Waals surface area contributed by atoms with E-state index in [1.807, 2.05) is 0 Å². The van der Waals surface area contributed by atoms with Gasteiger partial charge in [-0.15, -0.1) is 0 Å². The van der Waals surface area contributed by atoms with Crippen LogP contribution in [-0.2, 0) is 65.4 Å². The van der Waals surface area contributed by atoms with E-state index in [1.54, 1.807) is 0 Å². The van der Waals surface area contributed by atoms with E-state index in [2.05, 4.69) is 55.4 Å². The van der Waals surface area contributed by atoms with Crippen molar-refractivity contribution in [3.63, 3.8) is 0 Å². The van der Waals surface area contributed by atoms with Crippen LogP contribution in [0.3, 0.4) is 0 Å². The van der Waals surface area contributed by atoms with Crippen LogP contribution in [0, 0.1) is 23.7 Å². The number of carbonyl (C=O) groups is 4. The topological polar surface area (TPSA) is 237 Å². The minimum absolute atomic E-state index is 0.103. The first-order valence-corrected chi connectivity index (χ1v) is 41.7. The van der Waals surface area contributed by atoms with Crippen molar-refractivity contribution in [1.29, 1.82) is 0 Å². The van der Waals surface area contributed by atoms with Crippen LogP contribution in [0.1, 0.15) is 376 Å². The quantitative estimate of drug-likeness (QED) is 0.0222. The fourth-order valence-electron chi connectivity index (χ4n) is 11.4. The van der Waals surface area contributed by atoms with Crippen molar-refractivity contribution in [3.8, 4) is 0 Å². The lowest BCUT2D eigenvalue weighted by Gasteiger charge is -2.21. The first-order chi connectivity index (χ1) is 45.1. The lowest BCUT2D eigenvalue weighted by atomic mass is 10.0. The summed E-state index contributed by atoms with van der Waals surface area (Å²) in [6.45, 7) is 14.1. The van der Waals surface area contributed by atoms with Gasteiger partial charge in [-0.1, -0.05) is 325 Å². The summed E-state index contributed by atoms with van der Waals surface area (Å²) in [6.07, 6.45) is 48.8. The second kappa shape index (κ2) is 64.4. The van der Waals surface area contributed by atoms with Crippen LogP contribution in [0.2, 0.25) is 0 Å². The molecule has 94 heavy (non-hydrogen) atoms. The summed E-state index contributed by atoms with van der Waals surface area (Å²) >= 11 is 0. The first-order valence-electron chi connectivity index (χ1n) is 38.7. The molecule has 0 aliphatic heterocycles. The molecule has 0 spiro atoms. The van der Waals surface area contributed by atoms with Gasteiger partial charge in [0.25, 0.3) is 0 Å². The lowest BCUT2D eigenvalue weighted by Crippen LogP contribution is -2.30. The number of aliphatic hydroxyl groups excluding tert-OH is 1. The Morgan fingerprint density at radius 1 is 0.266 bits per heavy atom. The zero-order valence-corrected chi connectivity index (χ0v) is 63.4. The number of phosphoric ester groups is 2. The van der Waals surface area contributed by atoms with Crippen LogP contribution >= 0.6 is 15.6 Å². The van der Waals surface area contributed by atoms with E-state index < -0.39 is 97.5 Å². The fraction of sp³-hybridized carbons (Fsp3) is 0.947. The summed E-state index contributed by atoms with van der Waals surface area (Å²) in [5, 5.41) is 10.6. The van der Waals surface area contributed by atoms with Crippen LogP contribution < -0.4 is 0 Å². The monoisotopic (exact) mass is 1380 g/mol. The Balaban J connectivity index is 5.21. The molecule has 17 nitrogen and oxygen atoms in total. The highest BCUT2D eigenvalue weighted by Crippen LogP contribution is 2.45. The molecule has 0 amide bonds. The van der Waals surface area contributed by atoms with Gasteiger partial charge in [0.15, 0.2) is 12.2 Å². The Kier molecular flexibility index (Phi) is 63.1. The maximum absolute atomic E-state index is 13.1. The molecule has 0 aliphatic rings. The molecular formula is C75H146O17P2. The van der Waals surface area contributed by atoms with Crippen molar-refractivity contribution in [1.82, 2.24) is 0 Å². The van der Waals surface area contributed by atoms with Gasteiger partial charge in [-0.2, -0.15) is 0 Å². The highest BCUT2D eigenvalue weighted by Gasteiger charge is 2.30. The van der Waals surface area contributed by atoms with Gasteiger partial charge in [0.1, 0.15) is 19.3 Å². The average molecular weight is 1380 g/mol. The van der Waals surface area contributed by atoms with Gasteiger partial charge in [0.05, 0.1) is 26.4 Å². The van der Waals surface area contributed by atoms with Gasteiger partial charge in [-0.05, 0) is 49.4 Å². The normalized spacial score (nSPS) is 14.2. The summed E-state index contributed by atoms with van der Waals surface area (Å²) in [5.74, 6) is 0.875. The number of rotatable bonds is 72. The maximum Gasteiger partial charge on any atom is 0.472 e. The molecule has 5 atom stereocenters. The molecule has 3 N–H and O–H groups in total. The standard InChI is InChI=1S/C75H146O17P2/c1-65(2)51-43-35-27-20-16-13-11-9-10-12-14-18-22-31-39-47-55-72(77)85-61-70(91-74(79)57-49-41-33-23-19-15-17-21-28-36-44-52-66(3)4)63-89-93(81,82)87-59-69(76)60-88-94(83,84)90-64-71(92-75(80)58-50-42-34-26-30-38-46-54-68(7)8)62-86-73(78)56-48-40-32-25-24-29-37-45-53-67(5)6/h65-71,76H,9-64H2,1-8H3,(H,81,82)(H,83,84)/t69?,70-,71-/m1/s1. The third kappa shape index (κ3) is 68.6. The molecule has 0 rings (SSSR count). The average Bonchev–Trinajstić information content (AvgIpc) is 2.06. The predicted octanol–water partition coefficient (Wildman–Crippen LogP) is 21.7. The first kappa shape index (κ1) is 92.1. The van der Waals surface area contributed by atoms with E-state index in [0.717, 1.165) is 108 Å². The largest absolute Gasteiger partial charge is 0.472 e. The van der Waals surface area contributed by atoms with Crippen molar-refractivity contribution in [2.75, 3.05) is 39.6 Å². The minimum Gasteiger partial charge on any atom is -0.462 e. The highest BCUT2D eigenvalue weighted by atomic mass is 31.2. The summed E-state index contributed by atoms with van der Waals surface area (Å²) in [7, 11) is -9.91. The van der Waals surface area contributed by atoms with Crippen LogP contribution in [0.5, 0.6) is 0 Å². The lowest BCUT2D eigenvalue weighted by molar-refractivity contribution is -0.161. The fourth-order valence-corrected chi connectivity index (χ4v) is 13.0. The summed E-state index contributed by atoms with van der Waals surface area (Å²) < 4.78 is 68.4. The zero-order valence-electron chi connectivity index (χ0n) is 61.6. The molecule has 3 unspecified atom stereocenters. The van der Waals surface area contributed by atoms with Crippen LogP contribution in [-0.4, -0.2) is 96.7 Å². The van der Waals surface area contributed by atoms with Crippen molar-refractivity contribution in [2.24, 2.45) is 23.7 Å². The maximum atomic E-state index is 13.1. The van der Waals surface area contributed by atoms with Crippen molar-refractivity contribution >= 4 is 39.5 Å². The zero-order chi connectivity index (χ0) is 69.6. The summed E-state index contributed by atoms with van der Waals surface area (Å²) in [6, 6.07) is 0. The second-order valence-electron chi connectivity index (χ2n) is 28.9. The van der Waals surface area contributed by atoms with Gasteiger partial charge in [-0.3, -0.25) is 37.3 Å². The van der Waals surface area contributed by atoms with E-state index in [-0.39, 0.29) is 25.7 Å². The molecule has 0 bridgehead atoms. The number of carbonyl (C=O) groups excluding carboxylic acids is 4. The summed E-state index contributed by atoms with van der Waals surface area (Å²) in [5.41, 5.74) is 0. The van der Waals surface area contributed by atoms with Gasteiger partial charge in [0.2, 0.25) is 0 Å². The second-order valence-corrected chi connectivity index (χ2v) is 31.9. The Hall–Kier alpha value is -1.94. The Morgan fingerprint density at radius 2 is 0.447 bits per heavy atom. The van der Waals surface area contributed by atoms with Crippen molar-refractivity contribution in [3.05, 3.63) is 0 Å². The number of aliphatic hydroxyl groups is 1. The molecule has 0 aromatic carbocycles. The molecule has 0 aromatic rings. The van der Waals surface area contributed by atoms with E-state index in [9.17, 15) is 43.2 Å². The number of hydrogen-bond acceptors (Lipinski definition) is 15. The van der Waals surface area contributed by atoms with Gasteiger partial charge in [-0.25, -0.2) is 9.13 Å². The van der Waals surface area contributed by atoms with E-state index in [1.165, 1.54) is 180 Å². The van der Waals surface area contributed by atoms with Gasteiger partial charge >= 0.3 is 39.5 Å². The number of phosphoric acid groups is 2. The van der Waals surface area contributed by atoms with Crippen LogP contribution in [0.25, 0.3) is 0 Å². The van der Waals surface area contributed by atoms with Gasteiger partial charge in [0, 0.05) is 25.7 Å². The summed E-state index contributed by atoms with van der Waals surface area (Å²) in [4.78, 5) is 72.7. The number of unbranched alkanes of at least 4 members (excludes halogenated alkanes) is 38. The molecule has 0 aliphatic carbocycles. The SMILES string of the molecule is CC(C)CCCCCCCCCCCCCCCCCCC(=O)OC[C@H](COP(=O)(O)OCC(O)COP(=O)(O)OC[C@@H](COC(=O)CCCCCCCCCCC(C)C)OC(=O)CCCCCCCCCC(C)C)OC(=O)CCCCCCCCCCCCCC(C)C. The van der Waals surface area contributed by atoms with Crippen LogP contribution in [0.4, 0.5) is 0 Å². The molecule has 0 aromatic heterocycles. The molecular weight excluding hydrogens is 1230 g/mol. The smallest absolute Gasteiger partial charge is 0.462 e. The van der Waals surface area contributed by atoms with E-state index >= 15 is 0 Å². The van der Waals surface area contributed by atoms with Gasteiger partial charge < -0.3 is 33.8 Å². The molecule has 0 radical (unpaired) electrons. The third-order valence-electron chi connectivity index (χ3n) is 17.3. The predicted molar refractivity (Wildman–Crippen MR) is 381 cm³/mol. The number of ether oxygens (including phenoxy) is 4. The Bertz CT molecular complexity index is 1850. The van der Waals surface area contributed by atoms with Crippen molar-refractivity contribution in [2.45, 2.75) is 395 Å². The molecule has 19 heteroatoms. The highest BCUT2D eigenvalue weighted by molar-refractivity contribution is 7.47. The van der Waals surface area contributed by atoms with Crippen molar-refractivity contribution < 1.29 is 80.2 Å². The molecule has 0 saturated carbocycles.